The Morgan fingerprint density at radius 2 is 1.69 bits per heavy atom. The zero-order chi connectivity index (χ0) is 21.2. The van der Waals surface area contributed by atoms with Gasteiger partial charge in [-0.25, -0.2) is 8.42 Å². The Morgan fingerprint density at radius 1 is 1.00 bits per heavy atom. The molecule has 1 amide bonds. The number of aryl methyl sites for hydroxylation is 1. The minimum absolute atomic E-state index is 0.274. The summed E-state index contributed by atoms with van der Waals surface area (Å²) in [5, 5.41) is 2.83. The smallest absolute Gasteiger partial charge is 0.257 e. The van der Waals surface area contributed by atoms with Gasteiger partial charge >= 0.3 is 0 Å². The van der Waals surface area contributed by atoms with Gasteiger partial charge in [-0.15, -0.1) is 0 Å². The number of carbonyl (C=O) groups is 1. The first-order valence-electron chi connectivity index (χ1n) is 8.90. The number of amides is 1. The summed E-state index contributed by atoms with van der Waals surface area (Å²) in [7, 11) is -1.79. The van der Waals surface area contributed by atoms with Gasteiger partial charge in [0.2, 0.25) is 10.0 Å². The molecule has 8 heteroatoms. The van der Waals surface area contributed by atoms with Crippen molar-refractivity contribution in [1.29, 1.82) is 0 Å². The average molecular weight is 413 g/mol. The standard InChI is InChI=1S/C21H23N3O4S/c1-14-11-20(15(2)24(14)18-9-6-10-19(13-18)28-3)21(25)22-16-7-5-8-17(12-16)23-29(4,26)27/h5-13,23H,1-4H3,(H,22,25). The number of nitrogens with zero attached hydrogens (tertiary/aromatic N) is 1. The first kappa shape index (κ1) is 20.5. The molecule has 0 aliphatic rings. The zero-order valence-electron chi connectivity index (χ0n) is 16.7. The Hall–Kier alpha value is -3.26. The third-order valence-electron chi connectivity index (χ3n) is 4.41. The molecule has 0 aliphatic heterocycles. The maximum absolute atomic E-state index is 12.9. The van der Waals surface area contributed by atoms with Crippen molar-refractivity contribution < 1.29 is 17.9 Å². The van der Waals surface area contributed by atoms with E-state index in [1.54, 1.807) is 31.4 Å². The van der Waals surface area contributed by atoms with Crippen molar-refractivity contribution >= 4 is 27.3 Å². The molecular formula is C21H23N3O4S. The van der Waals surface area contributed by atoms with Crippen LogP contribution in [0.1, 0.15) is 21.7 Å². The van der Waals surface area contributed by atoms with Crippen LogP contribution >= 0.6 is 0 Å². The number of nitrogens with one attached hydrogen (secondary N) is 2. The molecule has 0 aliphatic carbocycles. The molecule has 2 N–H and O–H groups in total. The first-order chi connectivity index (χ1) is 13.7. The Morgan fingerprint density at radius 3 is 2.38 bits per heavy atom. The summed E-state index contributed by atoms with van der Waals surface area (Å²) in [6.45, 7) is 3.81. The summed E-state index contributed by atoms with van der Waals surface area (Å²) in [5.41, 5.74) is 4.01. The molecule has 2 aromatic carbocycles. The second-order valence-electron chi connectivity index (χ2n) is 6.73. The van der Waals surface area contributed by atoms with E-state index < -0.39 is 10.0 Å². The van der Waals surface area contributed by atoms with Crippen molar-refractivity contribution in [3.8, 4) is 11.4 Å². The second kappa shape index (κ2) is 8.00. The highest BCUT2D eigenvalue weighted by atomic mass is 32.2. The van der Waals surface area contributed by atoms with Crippen LogP contribution in [0.15, 0.2) is 54.6 Å². The fourth-order valence-corrected chi connectivity index (χ4v) is 3.77. The van der Waals surface area contributed by atoms with Crippen molar-refractivity contribution in [3.63, 3.8) is 0 Å². The number of sulfonamides is 1. The molecule has 1 heterocycles. The highest BCUT2D eigenvalue weighted by Gasteiger charge is 2.17. The van der Waals surface area contributed by atoms with Crippen molar-refractivity contribution in [2.45, 2.75) is 13.8 Å². The van der Waals surface area contributed by atoms with Gasteiger partial charge in [-0.2, -0.15) is 0 Å². The maximum atomic E-state index is 12.9. The lowest BCUT2D eigenvalue weighted by Gasteiger charge is -2.12. The monoisotopic (exact) mass is 413 g/mol. The number of ether oxygens (including phenoxy) is 1. The SMILES string of the molecule is COc1cccc(-n2c(C)cc(C(=O)Nc3cccc(NS(C)(=O)=O)c3)c2C)c1. The molecule has 0 bridgehead atoms. The minimum atomic E-state index is -3.40. The summed E-state index contributed by atoms with van der Waals surface area (Å²) in [5.74, 6) is 0.458. The summed E-state index contributed by atoms with van der Waals surface area (Å²) >= 11 is 0. The number of methoxy groups -OCH3 is 1. The van der Waals surface area contributed by atoms with E-state index in [1.807, 2.05) is 48.7 Å². The molecular weight excluding hydrogens is 390 g/mol. The van der Waals surface area contributed by atoms with Crippen LogP contribution in [0, 0.1) is 13.8 Å². The zero-order valence-corrected chi connectivity index (χ0v) is 17.5. The fourth-order valence-electron chi connectivity index (χ4n) is 3.21. The Balaban J connectivity index is 1.88. The first-order valence-corrected chi connectivity index (χ1v) is 10.8. The van der Waals surface area contributed by atoms with E-state index in [2.05, 4.69) is 10.0 Å². The Bertz CT molecular complexity index is 1170. The number of hydrogen-bond donors (Lipinski definition) is 2. The number of benzene rings is 2. The van der Waals surface area contributed by atoms with Gasteiger partial charge in [-0.1, -0.05) is 12.1 Å². The van der Waals surface area contributed by atoms with Gasteiger partial charge in [-0.3, -0.25) is 9.52 Å². The third-order valence-corrected chi connectivity index (χ3v) is 5.02. The van der Waals surface area contributed by atoms with Crippen LogP contribution in [-0.2, 0) is 10.0 Å². The van der Waals surface area contributed by atoms with E-state index in [9.17, 15) is 13.2 Å². The van der Waals surface area contributed by atoms with E-state index in [0.717, 1.165) is 29.1 Å². The van der Waals surface area contributed by atoms with Crippen LogP contribution in [0.5, 0.6) is 5.75 Å². The molecule has 29 heavy (non-hydrogen) atoms. The minimum Gasteiger partial charge on any atom is -0.497 e. The molecule has 3 rings (SSSR count). The summed E-state index contributed by atoms with van der Waals surface area (Å²) in [4.78, 5) is 12.9. The predicted molar refractivity (Wildman–Crippen MR) is 115 cm³/mol. The van der Waals surface area contributed by atoms with Crippen LogP contribution < -0.4 is 14.8 Å². The number of anilines is 2. The quantitative estimate of drug-likeness (QED) is 0.644. The largest absolute Gasteiger partial charge is 0.497 e. The van der Waals surface area contributed by atoms with E-state index in [-0.39, 0.29) is 5.91 Å². The molecule has 3 aromatic rings. The van der Waals surface area contributed by atoms with Gasteiger partial charge in [0.15, 0.2) is 0 Å². The molecule has 7 nitrogen and oxygen atoms in total. The Kier molecular flexibility index (Phi) is 5.65. The fraction of sp³-hybridized carbons (Fsp3) is 0.190. The van der Waals surface area contributed by atoms with E-state index in [1.165, 1.54) is 0 Å². The van der Waals surface area contributed by atoms with Crippen molar-refractivity contribution in [2.75, 3.05) is 23.4 Å². The summed E-state index contributed by atoms with van der Waals surface area (Å²) < 4.78 is 32.5. The van der Waals surface area contributed by atoms with E-state index >= 15 is 0 Å². The lowest BCUT2D eigenvalue weighted by molar-refractivity contribution is 0.102. The van der Waals surface area contributed by atoms with Crippen molar-refractivity contribution in [3.05, 3.63) is 71.5 Å². The van der Waals surface area contributed by atoms with E-state index in [0.29, 0.717) is 16.9 Å². The topological polar surface area (TPSA) is 89.4 Å². The van der Waals surface area contributed by atoms with Crippen molar-refractivity contribution in [2.24, 2.45) is 0 Å². The molecule has 0 saturated heterocycles. The van der Waals surface area contributed by atoms with Gasteiger partial charge < -0.3 is 14.6 Å². The number of hydrogen-bond acceptors (Lipinski definition) is 4. The van der Waals surface area contributed by atoms with Crippen molar-refractivity contribution in [1.82, 2.24) is 4.57 Å². The highest BCUT2D eigenvalue weighted by molar-refractivity contribution is 7.92. The summed E-state index contributed by atoms with van der Waals surface area (Å²) in [6, 6.07) is 16.0. The molecule has 1 aromatic heterocycles. The van der Waals surface area contributed by atoms with Gasteiger partial charge in [0.25, 0.3) is 5.91 Å². The molecule has 0 unspecified atom stereocenters. The molecule has 152 valence electrons. The van der Waals surface area contributed by atoms with Gasteiger partial charge in [0.1, 0.15) is 5.75 Å². The van der Waals surface area contributed by atoms with Crippen LogP contribution in [0.4, 0.5) is 11.4 Å². The molecule has 0 spiro atoms. The van der Waals surface area contributed by atoms with Gasteiger partial charge in [-0.05, 0) is 50.2 Å². The third kappa shape index (κ3) is 4.78. The normalized spacial score (nSPS) is 11.2. The predicted octanol–water partition coefficient (Wildman–Crippen LogP) is 3.73. The Labute approximate surface area is 170 Å². The van der Waals surface area contributed by atoms with Gasteiger partial charge in [0.05, 0.1) is 24.6 Å². The van der Waals surface area contributed by atoms with Crippen LogP contribution in [0.25, 0.3) is 5.69 Å². The summed E-state index contributed by atoms with van der Waals surface area (Å²) in [6.07, 6.45) is 1.08. The van der Waals surface area contributed by atoms with Gasteiger partial charge in [0, 0.05) is 28.8 Å². The maximum Gasteiger partial charge on any atom is 0.257 e. The second-order valence-corrected chi connectivity index (χ2v) is 8.48. The average Bonchev–Trinajstić information content (AvgIpc) is 2.95. The van der Waals surface area contributed by atoms with Crippen LogP contribution in [-0.4, -0.2) is 32.3 Å². The molecule has 0 saturated carbocycles. The van der Waals surface area contributed by atoms with Crippen LogP contribution in [0.3, 0.4) is 0 Å². The number of aromatic nitrogens is 1. The highest BCUT2D eigenvalue weighted by Crippen LogP contribution is 2.25. The van der Waals surface area contributed by atoms with Crippen LogP contribution in [0.2, 0.25) is 0 Å². The lowest BCUT2D eigenvalue weighted by Crippen LogP contribution is -2.14. The molecule has 0 atom stereocenters. The van der Waals surface area contributed by atoms with E-state index in [4.69, 9.17) is 4.74 Å². The molecule has 0 radical (unpaired) electrons. The number of carbonyl (C=O) groups excluding carboxylic acids is 1. The lowest BCUT2D eigenvalue weighted by atomic mass is 10.2. The molecule has 0 fully saturated rings. The number of rotatable bonds is 6.